The minimum absolute atomic E-state index is 0.676. The second-order valence-electron chi connectivity index (χ2n) is 6.23. The molecule has 19 heavy (non-hydrogen) atoms. The van der Waals surface area contributed by atoms with Crippen molar-refractivity contribution in [3.8, 4) is 0 Å². The highest BCUT2D eigenvalue weighted by molar-refractivity contribution is 4.73. The molecule has 1 N–H and O–H groups in total. The molecule has 114 valence electrons. The Bertz CT molecular complexity index is 208. The summed E-state index contributed by atoms with van der Waals surface area (Å²) in [5.41, 5.74) is 0. The topological polar surface area (TPSA) is 18.5 Å². The van der Waals surface area contributed by atoms with Crippen LogP contribution in [-0.4, -0.2) is 62.2 Å². The maximum absolute atomic E-state index is 3.74. The molecule has 3 nitrogen and oxygen atoms in total. The third-order valence-corrected chi connectivity index (χ3v) is 4.60. The van der Waals surface area contributed by atoms with E-state index >= 15 is 0 Å². The van der Waals surface area contributed by atoms with Crippen molar-refractivity contribution >= 4 is 0 Å². The second-order valence-corrected chi connectivity index (χ2v) is 6.23. The molecule has 1 atom stereocenters. The van der Waals surface area contributed by atoms with Crippen molar-refractivity contribution in [3.63, 3.8) is 0 Å². The van der Waals surface area contributed by atoms with E-state index in [9.17, 15) is 0 Å². The van der Waals surface area contributed by atoms with E-state index in [2.05, 4.69) is 42.9 Å². The summed E-state index contributed by atoms with van der Waals surface area (Å²) in [5, 5.41) is 3.74. The van der Waals surface area contributed by atoms with Crippen molar-refractivity contribution in [2.24, 2.45) is 5.92 Å². The van der Waals surface area contributed by atoms with Crippen LogP contribution in [0.4, 0.5) is 0 Å². The van der Waals surface area contributed by atoms with Crippen LogP contribution >= 0.6 is 0 Å². The molecule has 1 aliphatic heterocycles. The van der Waals surface area contributed by atoms with Gasteiger partial charge in [0.05, 0.1) is 0 Å². The van der Waals surface area contributed by atoms with E-state index < -0.39 is 0 Å². The highest BCUT2D eigenvalue weighted by Crippen LogP contribution is 2.15. The lowest BCUT2D eigenvalue weighted by Gasteiger charge is -2.30. The molecule has 3 heteroatoms. The highest BCUT2D eigenvalue weighted by atomic mass is 15.1. The van der Waals surface area contributed by atoms with Gasteiger partial charge >= 0.3 is 0 Å². The van der Waals surface area contributed by atoms with Crippen LogP contribution in [0.5, 0.6) is 0 Å². The summed E-state index contributed by atoms with van der Waals surface area (Å²) in [4.78, 5) is 4.97. The van der Waals surface area contributed by atoms with Gasteiger partial charge in [-0.25, -0.2) is 0 Å². The molecule has 0 bridgehead atoms. The van der Waals surface area contributed by atoms with E-state index in [1.165, 1.54) is 65.0 Å². The van der Waals surface area contributed by atoms with Gasteiger partial charge in [0.1, 0.15) is 0 Å². The first-order valence-electron chi connectivity index (χ1n) is 8.30. The number of likely N-dealkylation sites (tertiary alicyclic amines) is 1. The number of nitrogens with one attached hydrogen (secondary N) is 1. The van der Waals surface area contributed by atoms with Crippen LogP contribution in [0.25, 0.3) is 0 Å². The van der Waals surface area contributed by atoms with Gasteiger partial charge in [-0.2, -0.15) is 0 Å². The van der Waals surface area contributed by atoms with Crippen molar-refractivity contribution in [3.05, 3.63) is 0 Å². The Morgan fingerprint density at radius 3 is 2.42 bits per heavy atom. The minimum Gasteiger partial charge on any atom is -0.314 e. The molecular formula is C16H35N3. The van der Waals surface area contributed by atoms with Gasteiger partial charge in [-0.05, 0) is 84.8 Å². The molecule has 0 amide bonds. The van der Waals surface area contributed by atoms with Gasteiger partial charge in [-0.3, -0.25) is 0 Å². The van der Waals surface area contributed by atoms with E-state index in [4.69, 9.17) is 0 Å². The summed E-state index contributed by atoms with van der Waals surface area (Å²) in [5.74, 6) is 0.904. The molecule has 0 aromatic rings. The molecular weight excluding hydrogens is 234 g/mol. The Morgan fingerprint density at radius 2 is 1.84 bits per heavy atom. The average Bonchev–Trinajstić information content (AvgIpc) is 2.43. The van der Waals surface area contributed by atoms with Gasteiger partial charge in [0, 0.05) is 6.04 Å². The largest absolute Gasteiger partial charge is 0.314 e. The van der Waals surface area contributed by atoms with Crippen LogP contribution in [0.1, 0.15) is 46.5 Å². The van der Waals surface area contributed by atoms with Crippen LogP contribution in [-0.2, 0) is 0 Å². The van der Waals surface area contributed by atoms with Gasteiger partial charge in [0.2, 0.25) is 0 Å². The molecule has 0 aromatic heterocycles. The summed E-state index contributed by atoms with van der Waals surface area (Å²) >= 11 is 0. The first kappa shape index (κ1) is 16.9. The smallest absolute Gasteiger partial charge is 0.00393 e. The molecule has 1 saturated heterocycles. The van der Waals surface area contributed by atoms with Gasteiger partial charge < -0.3 is 15.1 Å². The third-order valence-electron chi connectivity index (χ3n) is 4.60. The maximum atomic E-state index is 3.74. The van der Waals surface area contributed by atoms with E-state index in [-0.39, 0.29) is 0 Å². The predicted molar refractivity (Wildman–Crippen MR) is 84.7 cm³/mol. The van der Waals surface area contributed by atoms with Crippen molar-refractivity contribution in [1.29, 1.82) is 0 Å². The fourth-order valence-electron chi connectivity index (χ4n) is 2.90. The molecule has 0 radical (unpaired) electrons. The number of hydrogen-bond donors (Lipinski definition) is 1. The lowest BCUT2D eigenvalue weighted by molar-refractivity contribution is 0.211. The van der Waals surface area contributed by atoms with Crippen LogP contribution in [0.3, 0.4) is 0 Å². The molecule has 0 aliphatic carbocycles. The quantitative estimate of drug-likeness (QED) is 0.693. The Labute approximate surface area is 120 Å². The number of hydrogen-bond acceptors (Lipinski definition) is 3. The fraction of sp³-hybridized carbons (Fsp3) is 1.00. The van der Waals surface area contributed by atoms with Gasteiger partial charge in [0.15, 0.2) is 0 Å². The fourth-order valence-corrected chi connectivity index (χ4v) is 2.90. The van der Waals surface area contributed by atoms with Gasteiger partial charge in [-0.15, -0.1) is 0 Å². The maximum Gasteiger partial charge on any atom is 0.00393 e. The van der Waals surface area contributed by atoms with Gasteiger partial charge in [0.25, 0.3) is 0 Å². The Hall–Kier alpha value is -0.120. The number of nitrogens with zero attached hydrogens (tertiary/aromatic N) is 2. The highest BCUT2D eigenvalue weighted by Gasteiger charge is 2.16. The second kappa shape index (κ2) is 9.73. The monoisotopic (exact) mass is 269 g/mol. The summed E-state index contributed by atoms with van der Waals surface area (Å²) < 4.78 is 0. The average molecular weight is 269 g/mol. The van der Waals surface area contributed by atoms with Crippen LogP contribution in [0.15, 0.2) is 0 Å². The SMILES string of the molecule is CCN(CC)CCCC(C)NCC1CCN(C)CC1. The summed E-state index contributed by atoms with van der Waals surface area (Å²) in [6.07, 6.45) is 5.37. The lowest BCUT2D eigenvalue weighted by atomic mass is 9.97. The first-order valence-corrected chi connectivity index (χ1v) is 8.30. The summed E-state index contributed by atoms with van der Waals surface area (Å²) in [6, 6.07) is 0.676. The summed E-state index contributed by atoms with van der Waals surface area (Å²) in [6.45, 7) is 14.3. The molecule has 1 fully saturated rings. The molecule has 0 spiro atoms. The molecule has 1 rings (SSSR count). The third kappa shape index (κ3) is 7.28. The number of rotatable bonds is 9. The summed E-state index contributed by atoms with van der Waals surface area (Å²) in [7, 11) is 2.24. The Kier molecular flexibility index (Phi) is 8.67. The predicted octanol–water partition coefficient (Wildman–Crippen LogP) is 2.43. The number of piperidine rings is 1. The van der Waals surface area contributed by atoms with E-state index in [0.717, 1.165) is 5.92 Å². The zero-order chi connectivity index (χ0) is 14.1. The first-order chi connectivity index (χ1) is 9.15. The van der Waals surface area contributed by atoms with E-state index in [1.807, 2.05) is 0 Å². The van der Waals surface area contributed by atoms with Crippen molar-refractivity contribution in [1.82, 2.24) is 15.1 Å². The Morgan fingerprint density at radius 1 is 1.21 bits per heavy atom. The molecule has 1 aliphatic rings. The van der Waals surface area contributed by atoms with Crippen molar-refractivity contribution in [2.75, 3.05) is 46.3 Å². The normalized spacial score (nSPS) is 20.1. The molecule has 1 heterocycles. The van der Waals surface area contributed by atoms with E-state index in [1.54, 1.807) is 0 Å². The van der Waals surface area contributed by atoms with Crippen molar-refractivity contribution < 1.29 is 0 Å². The van der Waals surface area contributed by atoms with Crippen LogP contribution in [0.2, 0.25) is 0 Å². The van der Waals surface area contributed by atoms with E-state index in [0.29, 0.717) is 6.04 Å². The minimum atomic E-state index is 0.676. The standard InChI is InChI=1S/C16H35N3/c1-5-19(6-2)11-7-8-15(3)17-14-16-9-12-18(4)13-10-16/h15-17H,5-14H2,1-4H3. The van der Waals surface area contributed by atoms with Gasteiger partial charge in [-0.1, -0.05) is 13.8 Å². The molecule has 0 saturated carbocycles. The zero-order valence-electron chi connectivity index (χ0n) is 13.6. The Balaban J connectivity index is 2.03. The lowest BCUT2D eigenvalue weighted by Crippen LogP contribution is -2.38. The molecule has 1 unspecified atom stereocenters. The van der Waals surface area contributed by atoms with Crippen molar-refractivity contribution in [2.45, 2.75) is 52.5 Å². The zero-order valence-corrected chi connectivity index (χ0v) is 13.6. The van der Waals surface area contributed by atoms with Crippen LogP contribution < -0.4 is 5.32 Å². The molecule has 0 aromatic carbocycles. The van der Waals surface area contributed by atoms with Crippen LogP contribution in [0, 0.1) is 5.92 Å².